The van der Waals surface area contributed by atoms with Gasteiger partial charge in [-0.25, -0.2) is 4.98 Å². The number of pyridine rings is 1. The molecular formula is C22H30N4O. The predicted octanol–water partition coefficient (Wildman–Crippen LogP) is 3.28. The van der Waals surface area contributed by atoms with Crippen molar-refractivity contribution >= 4 is 11.7 Å². The van der Waals surface area contributed by atoms with Crippen molar-refractivity contribution in [2.24, 2.45) is 0 Å². The Kier molecular flexibility index (Phi) is 6.82. The lowest BCUT2D eigenvalue weighted by Crippen LogP contribution is -2.46. The minimum Gasteiger partial charge on any atom is -0.354 e. The number of carbonyl (C=O) groups excluding carboxylic acids is 1. The van der Waals surface area contributed by atoms with Gasteiger partial charge in [0.25, 0.3) is 5.91 Å². The first-order chi connectivity index (χ1) is 13.2. The van der Waals surface area contributed by atoms with E-state index in [9.17, 15) is 4.79 Å². The van der Waals surface area contributed by atoms with Gasteiger partial charge in [0.15, 0.2) is 0 Å². The molecule has 27 heavy (non-hydrogen) atoms. The van der Waals surface area contributed by atoms with Crippen LogP contribution in [0.4, 0.5) is 5.82 Å². The van der Waals surface area contributed by atoms with Crippen molar-refractivity contribution in [1.29, 1.82) is 0 Å². The van der Waals surface area contributed by atoms with Gasteiger partial charge in [0.05, 0.1) is 5.56 Å². The number of piperazine rings is 1. The Morgan fingerprint density at radius 3 is 2.44 bits per heavy atom. The van der Waals surface area contributed by atoms with Crippen molar-refractivity contribution in [2.75, 3.05) is 44.7 Å². The summed E-state index contributed by atoms with van der Waals surface area (Å²) in [5.74, 6) is 1.01. The van der Waals surface area contributed by atoms with Gasteiger partial charge in [-0.2, -0.15) is 0 Å². The summed E-state index contributed by atoms with van der Waals surface area (Å²) in [6.07, 6.45) is 3.84. The van der Waals surface area contributed by atoms with Gasteiger partial charge in [-0.05, 0) is 24.1 Å². The highest BCUT2D eigenvalue weighted by Crippen LogP contribution is 2.16. The van der Waals surface area contributed by atoms with Crippen LogP contribution >= 0.6 is 0 Å². The first kappa shape index (κ1) is 19.4. The number of hydrogen-bond acceptors (Lipinski definition) is 4. The van der Waals surface area contributed by atoms with E-state index in [1.165, 1.54) is 5.56 Å². The highest BCUT2D eigenvalue weighted by molar-refractivity contribution is 5.93. The maximum absolute atomic E-state index is 12.4. The van der Waals surface area contributed by atoms with Crippen LogP contribution in [0.15, 0.2) is 48.7 Å². The Morgan fingerprint density at radius 2 is 1.81 bits per heavy atom. The third-order valence-electron chi connectivity index (χ3n) is 5.13. The predicted molar refractivity (Wildman–Crippen MR) is 110 cm³/mol. The Hall–Kier alpha value is -2.40. The van der Waals surface area contributed by atoms with E-state index in [1.807, 2.05) is 19.2 Å². The molecule has 1 aromatic heterocycles. The van der Waals surface area contributed by atoms with E-state index in [0.717, 1.165) is 57.9 Å². The summed E-state index contributed by atoms with van der Waals surface area (Å²) in [7, 11) is 1.86. The van der Waals surface area contributed by atoms with Gasteiger partial charge in [0.1, 0.15) is 5.82 Å². The van der Waals surface area contributed by atoms with E-state index in [2.05, 4.69) is 52.0 Å². The lowest BCUT2D eigenvalue weighted by molar-refractivity contribution is 0.0793. The standard InChI is InChI=1S/C22H30N4O/c1-3-4-12-24(2)22(27)20-10-11-21(23-17-20)26-15-13-25(14-16-26)18-19-8-6-5-7-9-19/h5-11,17H,3-4,12-16,18H2,1-2H3. The topological polar surface area (TPSA) is 39.7 Å². The van der Waals surface area contributed by atoms with Crippen LogP contribution in [0.5, 0.6) is 0 Å². The fourth-order valence-electron chi connectivity index (χ4n) is 3.39. The van der Waals surface area contributed by atoms with Gasteiger partial charge in [-0.15, -0.1) is 0 Å². The average Bonchev–Trinajstić information content (AvgIpc) is 2.73. The third-order valence-corrected chi connectivity index (χ3v) is 5.13. The summed E-state index contributed by atoms with van der Waals surface area (Å²) >= 11 is 0. The van der Waals surface area contributed by atoms with Gasteiger partial charge in [0.2, 0.25) is 0 Å². The molecule has 0 bridgehead atoms. The number of unbranched alkanes of at least 4 members (excludes halogenated alkanes) is 1. The number of anilines is 1. The zero-order chi connectivity index (χ0) is 19.1. The van der Waals surface area contributed by atoms with Crippen LogP contribution in [0, 0.1) is 0 Å². The maximum Gasteiger partial charge on any atom is 0.255 e. The molecular weight excluding hydrogens is 336 g/mol. The molecule has 0 spiro atoms. The van der Waals surface area contributed by atoms with E-state index < -0.39 is 0 Å². The molecule has 0 saturated carbocycles. The Morgan fingerprint density at radius 1 is 1.07 bits per heavy atom. The van der Waals surface area contributed by atoms with Crippen LogP contribution in [-0.2, 0) is 6.54 Å². The number of rotatable bonds is 7. The first-order valence-electron chi connectivity index (χ1n) is 9.90. The van der Waals surface area contributed by atoms with Gasteiger partial charge < -0.3 is 9.80 Å². The van der Waals surface area contributed by atoms with E-state index in [-0.39, 0.29) is 5.91 Å². The number of hydrogen-bond donors (Lipinski definition) is 0. The number of benzene rings is 1. The quantitative estimate of drug-likeness (QED) is 0.754. The summed E-state index contributed by atoms with van der Waals surface area (Å²) in [4.78, 5) is 23.5. The molecule has 1 aromatic carbocycles. The van der Waals surface area contributed by atoms with Crippen molar-refractivity contribution < 1.29 is 4.79 Å². The van der Waals surface area contributed by atoms with Crippen molar-refractivity contribution in [3.63, 3.8) is 0 Å². The SMILES string of the molecule is CCCCN(C)C(=O)c1ccc(N2CCN(Cc3ccccc3)CC2)nc1. The summed E-state index contributed by atoms with van der Waals surface area (Å²) < 4.78 is 0. The fourth-order valence-corrected chi connectivity index (χ4v) is 3.39. The molecule has 0 N–H and O–H groups in total. The first-order valence-corrected chi connectivity index (χ1v) is 9.90. The molecule has 1 aliphatic heterocycles. The number of aromatic nitrogens is 1. The second-order valence-electron chi connectivity index (χ2n) is 7.23. The van der Waals surface area contributed by atoms with E-state index in [0.29, 0.717) is 5.56 Å². The highest BCUT2D eigenvalue weighted by Gasteiger charge is 2.19. The molecule has 3 rings (SSSR count). The molecule has 2 heterocycles. The zero-order valence-corrected chi connectivity index (χ0v) is 16.5. The third kappa shape index (κ3) is 5.30. The van der Waals surface area contributed by atoms with Crippen LogP contribution in [0.25, 0.3) is 0 Å². The normalized spacial score (nSPS) is 15.0. The molecule has 0 radical (unpaired) electrons. The van der Waals surface area contributed by atoms with Gasteiger partial charge in [0, 0.05) is 52.5 Å². The zero-order valence-electron chi connectivity index (χ0n) is 16.5. The second kappa shape index (κ2) is 9.51. The van der Waals surface area contributed by atoms with Crippen LogP contribution in [0.1, 0.15) is 35.7 Å². The molecule has 1 amide bonds. The lowest BCUT2D eigenvalue weighted by Gasteiger charge is -2.35. The average molecular weight is 367 g/mol. The second-order valence-corrected chi connectivity index (χ2v) is 7.23. The van der Waals surface area contributed by atoms with Crippen molar-refractivity contribution in [3.8, 4) is 0 Å². The summed E-state index contributed by atoms with van der Waals surface area (Å²) in [6.45, 7) is 7.90. The van der Waals surface area contributed by atoms with Crippen LogP contribution in [-0.4, -0.2) is 60.5 Å². The summed E-state index contributed by atoms with van der Waals surface area (Å²) in [6, 6.07) is 14.5. The summed E-state index contributed by atoms with van der Waals surface area (Å²) in [5.41, 5.74) is 2.03. The number of amides is 1. The Labute approximate surface area is 162 Å². The van der Waals surface area contributed by atoms with Crippen molar-refractivity contribution in [1.82, 2.24) is 14.8 Å². The Bertz CT molecular complexity index is 709. The highest BCUT2D eigenvalue weighted by atomic mass is 16.2. The molecule has 1 fully saturated rings. The largest absolute Gasteiger partial charge is 0.354 e. The molecule has 5 nitrogen and oxygen atoms in total. The summed E-state index contributed by atoms with van der Waals surface area (Å²) in [5, 5.41) is 0. The molecule has 0 atom stereocenters. The molecule has 5 heteroatoms. The minimum atomic E-state index is 0.0511. The Balaban J connectivity index is 1.52. The number of nitrogens with zero attached hydrogens (tertiary/aromatic N) is 4. The van der Waals surface area contributed by atoms with Crippen molar-refractivity contribution in [3.05, 3.63) is 59.8 Å². The molecule has 144 valence electrons. The molecule has 1 saturated heterocycles. The minimum absolute atomic E-state index is 0.0511. The smallest absolute Gasteiger partial charge is 0.255 e. The van der Waals surface area contributed by atoms with Crippen LogP contribution in [0.2, 0.25) is 0 Å². The molecule has 0 aliphatic carbocycles. The molecule has 0 unspecified atom stereocenters. The van der Waals surface area contributed by atoms with E-state index in [4.69, 9.17) is 0 Å². The number of carbonyl (C=O) groups is 1. The maximum atomic E-state index is 12.4. The molecule has 2 aromatic rings. The molecule has 1 aliphatic rings. The van der Waals surface area contributed by atoms with Gasteiger partial charge in [-0.3, -0.25) is 9.69 Å². The van der Waals surface area contributed by atoms with Crippen LogP contribution in [0.3, 0.4) is 0 Å². The van der Waals surface area contributed by atoms with E-state index >= 15 is 0 Å². The van der Waals surface area contributed by atoms with Gasteiger partial charge >= 0.3 is 0 Å². The fraction of sp³-hybridized carbons (Fsp3) is 0.455. The van der Waals surface area contributed by atoms with Crippen LogP contribution < -0.4 is 4.90 Å². The lowest BCUT2D eigenvalue weighted by atomic mass is 10.2. The van der Waals surface area contributed by atoms with E-state index in [1.54, 1.807) is 11.1 Å². The monoisotopic (exact) mass is 366 g/mol. The van der Waals surface area contributed by atoms with Crippen molar-refractivity contribution in [2.45, 2.75) is 26.3 Å². The van der Waals surface area contributed by atoms with Gasteiger partial charge in [-0.1, -0.05) is 43.7 Å².